The van der Waals surface area contributed by atoms with Gasteiger partial charge in [0.15, 0.2) is 0 Å². The summed E-state index contributed by atoms with van der Waals surface area (Å²) in [7, 11) is 0. The SMILES string of the molecule is CCSc1cccc(-c2cccc(-c3cccc(Br)n3)n2)n1. The van der Waals surface area contributed by atoms with Crippen LogP contribution in [0, 0.1) is 0 Å². The van der Waals surface area contributed by atoms with Gasteiger partial charge in [-0.1, -0.05) is 25.1 Å². The molecule has 3 nitrogen and oxygen atoms in total. The molecule has 0 bridgehead atoms. The Morgan fingerprint density at radius 3 is 1.95 bits per heavy atom. The maximum Gasteiger partial charge on any atom is 0.106 e. The first kappa shape index (κ1) is 15.2. The number of hydrogen-bond acceptors (Lipinski definition) is 4. The van der Waals surface area contributed by atoms with Gasteiger partial charge in [0.1, 0.15) is 4.60 Å². The van der Waals surface area contributed by atoms with Gasteiger partial charge in [0.05, 0.1) is 27.8 Å². The third kappa shape index (κ3) is 3.54. The maximum absolute atomic E-state index is 4.70. The van der Waals surface area contributed by atoms with E-state index >= 15 is 0 Å². The Labute approximate surface area is 142 Å². The van der Waals surface area contributed by atoms with E-state index in [9.17, 15) is 0 Å². The lowest BCUT2D eigenvalue weighted by atomic mass is 10.2. The second-order valence-electron chi connectivity index (χ2n) is 4.55. The maximum atomic E-state index is 4.70. The Hall–Kier alpha value is -1.72. The molecule has 0 radical (unpaired) electrons. The third-order valence-corrected chi connectivity index (χ3v) is 4.26. The van der Waals surface area contributed by atoms with Crippen LogP contribution in [-0.2, 0) is 0 Å². The van der Waals surface area contributed by atoms with Crippen molar-refractivity contribution in [3.8, 4) is 22.8 Å². The average Bonchev–Trinajstić information content (AvgIpc) is 2.56. The van der Waals surface area contributed by atoms with E-state index in [2.05, 4.69) is 32.8 Å². The highest BCUT2D eigenvalue weighted by Gasteiger charge is 2.06. The van der Waals surface area contributed by atoms with Crippen LogP contribution in [0.15, 0.2) is 64.2 Å². The number of aromatic nitrogens is 3. The van der Waals surface area contributed by atoms with Gasteiger partial charge in [0.2, 0.25) is 0 Å². The van der Waals surface area contributed by atoms with Crippen LogP contribution in [0.5, 0.6) is 0 Å². The predicted molar refractivity (Wildman–Crippen MR) is 94.8 cm³/mol. The molecule has 0 amide bonds. The smallest absolute Gasteiger partial charge is 0.106 e. The fourth-order valence-electron chi connectivity index (χ4n) is 2.06. The van der Waals surface area contributed by atoms with Gasteiger partial charge in [-0.3, -0.25) is 0 Å². The van der Waals surface area contributed by atoms with Crippen molar-refractivity contribution in [1.29, 1.82) is 0 Å². The summed E-state index contributed by atoms with van der Waals surface area (Å²) >= 11 is 5.12. The molecule has 0 aliphatic heterocycles. The molecule has 0 aromatic carbocycles. The molecule has 22 heavy (non-hydrogen) atoms. The normalized spacial score (nSPS) is 10.6. The number of thioether (sulfide) groups is 1. The molecule has 0 atom stereocenters. The zero-order valence-electron chi connectivity index (χ0n) is 12.0. The predicted octanol–water partition coefficient (Wildman–Crippen LogP) is 5.08. The molecular formula is C17H14BrN3S. The Morgan fingerprint density at radius 2 is 1.32 bits per heavy atom. The molecule has 0 aliphatic carbocycles. The minimum atomic E-state index is 0.802. The number of halogens is 1. The van der Waals surface area contributed by atoms with Gasteiger partial charge in [-0.15, -0.1) is 11.8 Å². The first-order valence-corrected chi connectivity index (χ1v) is 8.74. The summed E-state index contributed by atoms with van der Waals surface area (Å²) in [6.45, 7) is 2.12. The van der Waals surface area contributed by atoms with Crippen LogP contribution in [0.3, 0.4) is 0 Å². The van der Waals surface area contributed by atoms with Crippen molar-refractivity contribution < 1.29 is 0 Å². The second kappa shape index (κ2) is 7.03. The molecule has 110 valence electrons. The summed E-state index contributed by atoms with van der Waals surface area (Å²) in [5.41, 5.74) is 3.43. The number of hydrogen-bond donors (Lipinski definition) is 0. The van der Waals surface area contributed by atoms with Crippen LogP contribution in [-0.4, -0.2) is 20.7 Å². The highest BCUT2D eigenvalue weighted by molar-refractivity contribution is 9.10. The standard InChI is InChI=1S/C17H14BrN3S/c1-2-22-17-11-5-9-15(21-17)13-7-3-6-12(19-13)14-8-4-10-16(18)20-14/h3-11H,2H2,1H3. The number of rotatable bonds is 4. The van der Waals surface area contributed by atoms with Crippen LogP contribution in [0.1, 0.15) is 6.92 Å². The van der Waals surface area contributed by atoms with Gasteiger partial charge in [-0.05, 0) is 58.1 Å². The van der Waals surface area contributed by atoms with E-state index in [-0.39, 0.29) is 0 Å². The molecule has 0 aliphatic rings. The van der Waals surface area contributed by atoms with Crippen molar-refractivity contribution in [3.63, 3.8) is 0 Å². The molecule has 0 saturated carbocycles. The van der Waals surface area contributed by atoms with Gasteiger partial charge < -0.3 is 0 Å². The molecule has 3 rings (SSSR count). The highest BCUT2D eigenvalue weighted by atomic mass is 79.9. The van der Waals surface area contributed by atoms with Crippen molar-refractivity contribution in [2.75, 3.05) is 5.75 Å². The van der Waals surface area contributed by atoms with Gasteiger partial charge >= 0.3 is 0 Å². The average molecular weight is 372 g/mol. The molecule has 0 saturated heterocycles. The van der Waals surface area contributed by atoms with Crippen molar-refractivity contribution in [3.05, 3.63) is 59.2 Å². The van der Waals surface area contributed by atoms with Crippen molar-refractivity contribution in [2.45, 2.75) is 11.9 Å². The first-order chi connectivity index (χ1) is 10.8. The molecule has 0 spiro atoms. The first-order valence-electron chi connectivity index (χ1n) is 6.96. The number of pyridine rings is 3. The summed E-state index contributed by atoms with van der Waals surface area (Å²) in [5, 5.41) is 1.02. The lowest BCUT2D eigenvalue weighted by Gasteiger charge is -2.06. The summed E-state index contributed by atoms with van der Waals surface area (Å²) in [4.78, 5) is 13.8. The van der Waals surface area contributed by atoms with Gasteiger partial charge in [0.25, 0.3) is 0 Å². The monoisotopic (exact) mass is 371 g/mol. The molecule has 0 N–H and O–H groups in total. The fraction of sp³-hybridized carbons (Fsp3) is 0.118. The van der Waals surface area contributed by atoms with E-state index in [1.165, 1.54) is 0 Å². The Bertz CT molecular complexity index is 792. The van der Waals surface area contributed by atoms with Crippen LogP contribution >= 0.6 is 27.7 Å². The second-order valence-corrected chi connectivity index (χ2v) is 6.64. The van der Waals surface area contributed by atoms with Gasteiger partial charge in [-0.25, -0.2) is 15.0 Å². The molecule has 0 unspecified atom stereocenters. The van der Waals surface area contributed by atoms with Crippen molar-refractivity contribution >= 4 is 27.7 Å². The third-order valence-electron chi connectivity index (χ3n) is 3.00. The highest BCUT2D eigenvalue weighted by Crippen LogP contribution is 2.23. The zero-order valence-corrected chi connectivity index (χ0v) is 14.4. The van der Waals surface area contributed by atoms with Crippen molar-refractivity contribution in [1.82, 2.24) is 15.0 Å². The quantitative estimate of drug-likeness (QED) is 0.473. The molecule has 0 fully saturated rings. The summed E-state index contributed by atoms with van der Waals surface area (Å²) in [5.74, 6) is 1.01. The number of nitrogens with zero attached hydrogens (tertiary/aromatic N) is 3. The Morgan fingerprint density at radius 1 is 0.773 bits per heavy atom. The molecule has 3 aromatic rings. The van der Waals surface area contributed by atoms with E-state index in [1.54, 1.807) is 11.8 Å². The van der Waals surface area contributed by atoms with E-state index in [4.69, 9.17) is 4.98 Å². The topological polar surface area (TPSA) is 38.7 Å². The fourth-order valence-corrected chi connectivity index (χ4v) is 3.03. The molecule has 3 aromatic heterocycles. The van der Waals surface area contributed by atoms with E-state index in [0.717, 1.165) is 38.2 Å². The summed E-state index contributed by atoms with van der Waals surface area (Å²) < 4.78 is 0.802. The summed E-state index contributed by atoms with van der Waals surface area (Å²) in [6, 6.07) is 17.8. The van der Waals surface area contributed by atoms with Crippen LogP contribution in [0.25, 0.3) is 22.8 Å². The summed E-state index contributed by atoms with van der Waals surface area (Å²) in [6.07, 6.45) is 0. The van der Waals surface area contributed by atoms with Crippen LogP contribution in [0.4, 0.5) is 0 Å². The lowest BCUT2D eigenvalue weighted by Crippen LogP contribution is -1.93. The largest absolute Gasteiger partial charge is 0.245 e. The van der Waals surface area contributed by atoms with E-state index < -0.39 is 0 Å². The van der Waals surface area contributed by atoms with Gasteiger partial charge in [-0.2, -0.15) is 0 Å². The minimum Gasteiger partial charge on any atom is -0.245 e. The van der Waals surface area contributed by atoms with E-state index in [0.29, 0.717) is 0 Å². The molecular weight excluding hydrogens is 358 g/mol. The van der Waals surface area contributed by atoms with Crippen molar-refractivity contribution in [2.24, 2.45) is 0 Å². The lowest BCUT2D eigenvalue weighted by molar-refractivity contribution is 1.12. The van der Waals surface area contributed by atoms with Gasteiger partial charge in [0, 0.05) is 0 Å². The van der Waals surface area contributed by atoms with E-state index in [1.807, 2.05) is 54.6 Å². The Balaban J connectivity index is 1.99. The molecule has 5 heteroatoms. The Kier molecular flexibility index (Phi) is 4.85. The molecule has 3 heterocycles. The van der Waals surface area contributed by atoms with Crippen LogP contribution in [0.2, 0.25) is 0 Å². The minimum absolute atomic E-state index is 0.802. The zero-order chi connectivity index (χ0) is 15.4. The van der Waals surface area contributed by atoms with Crippen LogP contribution < -0.4 is 0 Å².